The van der Waals surface area contributed by atoms with Crippen molar-refractivity contribution in [3.05, 3.63) is 65.0 Å². The lowest BCUT2D eigenvalue weighted by atomic mass is 10.00. The van der Waals surface area contributed by atoms with E-state index in [2.05, 4.69) is 17.2 Å². The summed E-state index contributed by atoms with van der Waals surface area (Å²) in [5.41, 5.74) is 1.54. The van der Waals surface area contributed by atoms with Crippen LogP contribution in [0, 0.1) is 11.8 Å². The molecular weight excluding hydrogens is 316 g/mol. The summed E-state index contributed by atoms with van der Waals surface area (Å²) in [7, 11) is 1.51. The fourth-order valence-corrected chi connectivity index (χ4v) is 2.94. The van der Waals surface area contributed by atoms with E-state index >= 15 is 0 Å². The van der Waals surface area contributed by atoms with Gasteiger partial charge in [0.15, 0.2) is 5.78 Å². The zero-order valence-corrected chi connectivity index (χ0v) is 14.4. The molecular formula is C20H22N2O3. The molecule has 0 spiro atoms. The van der Waals surface area contributed by atoms with Crippen molar-refractivity contribution in [2.75, 3.05) is 7.05 Å². The van der Waals surface area contributed by atoms with E-state index in [1.165, 1.54) is 13.1 Å². The molecule has 0 radical (unpaired) electrons. The van der Waals surface area contributed by atoms with Gasteiger partial charge in [0.25, 0.3) is 5.91 Å². The van der Waals surface area contributed by atoms with Gasteiger partial charge in [-0.15, -0.1) is 0 Å². The molecule has 25 heavy (non-hydrogen) atoms. The molecule has 1 aliphatic rings. The van der Waals surface area contributed by atoms with E-state index in [4.69, 9.17) is 0 Å². The molecule has 1 saturated carbocycles. The van der Waals surface area contributed by atoms with Crippen LogP contribution < -0.4 is 5.32 Å². The summed E-state index contributed by atoms with van der Waals surface area (Å²) < 4.78 is 0. The molecule has 5 nitrogen and oxygen atoms in total. The van der Waals surface area contributed by atoms with Crippen LogP contribution in [-0.2, 0) is 0 Å². The summed E-state index contributed by atoms with van der Waals surface area (Å²) in [4.78, 5) is 28.9. The first-order valence-electron chi connectivity index (χ1n) is 8.50. The molecule has 1 unspecified atom stereocenters. The minimum atomic E-state index is -0.989. The van der Waals surface area contributed by atoms with Gasteiger partial charge in [-0.2, -0.15) is 0 Å². The van der Waals surface area contributed by atoms with Crippen LogP contribution in [0.25, 0.3) is 0 Å². The molecule has 3 rings (SSSR count). The number of carbonyl (C=O) groups excluding carboxylic acids is 2. The summed E-state index contributed by atoms with van der Waals surface area (Å²) in [5, 5.41) is 13.1. The quantitative estimate of drug-likeness (QED) is 0.794. The van der Waals surface area contributed by atoms with Crippen molar-refractivity contribution in [2.24, 2.45) is 11.8 Å². The second kappa shape index (κ2) is 7.15. The Kier molecular flexibility index (Phi) is 4.95. The largest absolute Gasteiger partial charge is 0.382 e. The summed E-state index contributed by atoms with van der Waals surface area (Å²) in [6, 6.07) is 12.2. The van der Waals surface area contributed by atoms with Crippen LogP contribution >= 0.6 is 0 Å². The average Bonchev–Trinajstić information content (AvgIpc) is 3.35. The highest BCUT2D eigenvalue weighted by Crippen LogP contribution is 2.41. The summed E-state index contributed by atoms with van der Waals surface area (Å²) in [6.45, 7) is 2.13. The molecule has 1 aromatic heterocycles. The lowest BCUT2D eigenvalue weighted by molar-refractivity contribution is 0.0957. The third-order valence-electron chi connectivity index (χ3n) is 4.75. The highest BCUT2D eigenvalue weighted by molar-refractivity contribution is 6.00. The minimum Gasteiger partial charge on any atom is -0.382 e. The molecule has 3 atom stereocenters. The smallest absolute Gasteiger partial charge is 0.269 e. The number of hydrogen-bond acceptors (Lipinski definition) is 4. The maximum Gasteiger partial charge on any atom is 0.269 e. The zero-order chi connectivity index (χ0) is 18.0. The Hall–Kier alpha value is -2.53. The predicted octanol–water partition coefficient (Wildman–Crippen LogP) is 2.75. The lowest BCUT2D eigenvalue weighted by Gasteiger charge is -2.13. The lowest BCUT2D eigenvalue weighted by Crippen LogP contribution is -2.21. The average molecular weight is 338 g/mol. The van der Waals surface area contributed by atoms with Crippen molar-refractivity contribution in [1.29, 1.82) is 0 Å². The monoisotopic (exact) mass is 338 g/mol. The Bertz CT molecular complexity index is 789. The van der Waals surface area contributed by atoms with E-state index in [1.54, 1.807) is 18.2 Å². The fraction of sp³-hybridized carbons (Fsp3) is 0.350. The number of ketones is 1. The highest BCUT2D eigenvalue weighted by Gasteiger charge is 2.34. The Morgan fingerprint density at radius 2 is 1.96 bits per heavy atom. The van der Waals surface area contributed by atoms with Crippen LogP contribution in [0.4, 0.5) is 0 Å². The fourth-order valence-electron chi connectivity index (χ4n) is 2.94. The SMILES string of the molecule is CNC(=O)c1cc(C(=O)C[C@H]2C[C@@H]2C)cc(C(O)c2ccccc2)n1. The molecule has 1 fully saturated rings. The van der Waals surface area contributed by atoms with Gasteiger partial charge in [-0.3, -0.25) is 9.59 Å². The van der Waals surface area contributed by atoms with Crippen molar-refractivity contribution in [3.8, 4) is 0 Å². The third-order valence-corrected chi connectivity index (χ3v) is 4.75. The number of hydrogen-bond donors (Lipinski definition) is 2. The number of nitrogens with one attached hydrogen (secondary N) is 1. The first-order valence-corrected chi connectivity index (χ1v) is 8.50. The van der Waals surface area contributed by atoms with Gasteiger partial charge in [0.05, 0.1) is 5.69 Å². The van der Waals surface area contributed by atoms with E-state index < -0.39 is 6.10 Å². The van der Waals surface area contributed by atoms with E-state index in [-0.39, 0.29) is 17.4 Å². The molecule has 1 amide bonds. The second-order valence-corrected chi connectivity index (χ2v) is 6.66. The van der Waals surface area contributed by atoms with Crippen molar-refractivity contribution in [2.45, 2.75) is 25.9 Å². The number of aliphatic hydroxyl groups is 1. The van der Waals surface area contributed by atoms with E-state index in [9.17, 15) is 14.7 Å². The van der Waals surface area contributed by atoms with Gasteiger partial charge in [0, 0.05) is 19.0 Å². The molecule has 1 heterocycles. The Labute approximate surface area is 147 Å². The zero-order valence-electron chi connectivity index (χ0n) is 14.4. The van der Waals surface area contributed by atoms with E-state index in [1.807, 2.05) is 18.2 Å². The van der Waals surface area contributed by atoms with Gasteiger partial charge >= 0.3 is 0 Å². The van der Waals surface area contributed by atoms with E-state index in [0.29, 0.717) is 35.1 Å². The number of aliphatic hydroxyl groups excluding tert-OH is 1. The summed E-state index contributed by atoms with van der Waals surface area (Å²) in [5.74, 6) is 0.615. The number of aromatic nitrogens is 1. The van der Waals surface area contributed by atoms with Gasteiger partial charge in [-0.1, -0.05) is 37.3 Å². The van der Waals surface area contributed by atoms with Crippen LogP contribution in [0.2, 0.25) is 0 Å². The van der Waals surface area contributed by atoms with Crippen LogP contribution in [-0.4, -0.2) is 28.8 Å². The molecule has 5 heteroatoms. The van der Waals surface area contributed by atoms with Gasteiger partial charge in [-0.25, -0.2) is 4.98 Å². The molecule has 2 aromatic rings. The van der Waals surface area contributed by atoms with Crippen molar-refractivity contribution in [3.63, 3.8) is 0 Å². The first kappa shape index (κ1) is 17.3. The summed E-state index contributed by atoms with van der Waals surface area (Å²) in [6.07, 6.45) is 0.551. The summed E-state index contributed by atoms with van der Waals surface area (Å²) >= 11 is 0. The maximum absolute atomic E-state index is 12.6. The van der Waals surface area contributed by atoms with Crippen molar-refractivity contribution in [1.82, 2.24) is 10.3 Å². The van der Waals surface area contributed by atoms with Crippen molar-refractivity contribution >= 4 is 11.7 Å². The predicted molar refractivity (Wildman–Crippen MR) is 94.3 cm³/mol. The molecule has 0 aliphatic heterocycles. The molecule has 0 bridgehead atoms. The van der Waals surface area contributed by atoms with Gasteiger partial charge < -0.3 is 10.4 Å². The minimum absolute atomic E-state index is 0.0107. The standard InChI is InChI=1S/C20H22N2O3/c1-12-8-14(12)11-18(23)15-9-16(22-17(10-15)20(25)21-2)19(24)13-6-4-3-5-7-13/h3-7,9-10,12,14,19,24H,8,11H2,1-2H3,(H,21,25)/t12-,14+,19?/m0/s1. The molecule has 1 aromatic carbocycles. The Morgan fingerprint density at radius 3 is 2.56 bits per heavy atom. The Balaban J connectivity index is 1.95. The normalized spacial score (nSPS) is 20.0. The van der Waals surface area contributed by atoms with Gasteiger partial charge in [-0.05, 0) is 36.0 Å². The number of pyridine rings is 1. The van der Waals surface area contributed by atoms with Gasteiger partial charge in [0.2, 0.25) is 0 Å². The van der Waals surface area contributed by atoms with Crippen LogP contribution in [0.3, 0.4) is 0 Å². The second-order valence-electron chi connectivity index (χ2n) is 6.66. The molecule has 2 N–H and O–H groups in total. The highest BCUT2D eigenvalue weighted by atomic mass is 16.3. The molecule has 1 aliphatic carbocycles. The van der Waals surface area contributed by atoms with Crippen LogP contribution in [0.5, 0.6) is 0 Å². The number of benzene rings is 1. The van der Waals surface area contributed by atoms with Crippen molar-refractivity contribution < 1.29 is 14.7 Å². The topological polar surface area (TPSA) is 79.3 Å². The van der Waals surface area contributed by atoms with Crippen LogP contribution in [0.15, 0.2) is 42.5 Å². The third kappa shape index (κ3) is 3.94. The maximum atomic E-state index is 12.6. The number of rotatable bonds is 6. The number of carbonyl (C=O) groups is 2. The van der Waals surface area contributed by atoms with E-state index in [0.717, 1.165) is 6.42 Å². The first-order chi connectivity index (χ1) is 12.0. The number of nitrogens with zero attached hydrogens (tertiary/aromatic N) is 1. The van der Waals surface area contributed by atoms with Crippen LogP contribution in [0.1, 0.15) is 58.0 Å². The molecule has 130 valence electrons. The number of Topliss-reactive ketones (excluding diaryl/α,β-unsaturated/α-hetero) is 1. The Morgan fingerprint density at radius 1 is 1.28 bits per heavy atom. The molecule has 0 saturated heterocycles. The van der Waals surface area contributed by atoms with Gasteiger partial charge in [0.1, 0.15) is 11.8 Å². The number of amides is 1.